The maximum Gasteiger partial charge on any atom is 0.316 e. The number of esters is 1. The average Bonchev–Trinajstić information content (AvgIpc) is 2.60. The van der Waals surface area contributed by atoms with Crippen molar-refractivity contribution >= 4 is 23.6 Å². The molecular weight excluding hydrogens is 340 g/mol. The highest BCUT2D eigenvalue weighted by atomic mass is 32.2. The summed E-state index contributed by atoms with van der Waals surface area (Å²) in [6.45, 7) is 4.39. The number of para-hydroxylation sites is 1. The van der Waals surface area contributed by atoms with Gasteiger partial charge >= 0.3 is 5.97 Å². The SMILES string of the molecule is CCOC(=O)CSC1=C(C#N)[C@@H](c2ccccc2OCC)CC(=O)N1. The molecule has 0 aliphatic carbocycles. The molecule has 7 heteroatoms. The van der Waals surface area contributed by atoms with Crippen molar-refractivity contribution in [2.24, 2.45) is 0 Å². The summed E-state index contributed by atoms with van der Waals surface area (Å²) in [5.41, 5.74) is 1.23. The molecule has 0 fully saturated rings. The minimum atomic E-state index is -0.397. The zero-order valence-electron chi connectivity index (χ0n) is 14.2. The van der Waals surface area contributed by atoms with Gasteiger partial charge in [-0.3, -0.25) is 9.59 Å². The van der Waals surface area contributed by atoms with Crippen LogP contribution in [-0.2, 0) is 14.3 Å². The van der Waals surface area contributed by atoms with Crippen LogP contribution in [0.3, 0.4) is 0 Å². The number of ether oxygens (including phenoxy) is 2. The summed E-state index contributed by atoms with van der Waals surface area (Å²) in [6.07, 6.45) is 0.163. The molecule has 0 aromatic heterocycles. The van der Waals surface area contributed by atoms with Crippen LogP contribution in [0.1, 0.15) is 31.7 Å². The smallest absolute Gasteiger partial charge is 0.316 e. The third-order valence-corrected chi connectivity index (χ3v) is 4.58. The number of benzene rings is 1. The number of amides is 1. The van der Waals surface area contributed by atoms with Gasteiger partial charge in [-0.2, -0.15) is 5.26 Å². The fourth-order valence-electron chi connectivity index (χ4n) is 2.59. The Kier molecular flexibility index (Phi) is 6.90. The number of hydrogen-bond acceptors (Lipinski definition) is 6. The quantitative estimate of drug-likeness (QED) is 0.752. The van der Waals surface area contributed by atoms with Crippen molar-refractivity contribution in [3.05, 3.63) is 40.4 Å². The van der Waals surface area contributed by atoms with Gasteiger partial charge in [-0.25, -0.2) is 0 Å². The molecule has 132 valence electrons. The van der Waals surface area contributed by atoms with E-state index in [1.807, 2.05) is 31.2 Å². The molecule has 0 spiro atoms. The number of carbonyl (C=O) groups excluding carboxylic acids is 2. The summed E-state index contributed by atoms with van der Waals surface area (Å²) in [7, 11) is 0. The van der Waals surface area contributed by atoms with E-state index in [4.69, 9.17) is 9.47 Å². The Morgan fingerprint density at radius 1 is 1.36 bits per heavy atom. The predicted octanol–water partition coefficient (Wildman–Crippen LogP) is 2.72. The second kappa shape index (κ2) is 9.14. The minimum absolute atomic E-state index is 0.0362. The molecule has 1 aromatic rings. The van der Waals surface area contributed by atoms with Crippen LogP contribution in [0.5, 0.6) is 5.75 Å². The lowest BCUT2D eigenvalue weighted by atomic mass is 9.86. The van der Waals surface area contributed by atoms with E-state index in [2.05, 4.69) is 11.4 Å². The summed E-state index contributed by atoms with van der Waals surface area (Å²) in [4.78, 5) is 23.7. The Balaban J connectivity index is 2.34. The first-order valence-electron chi connectivity index (χ1n) is 8.04. The van der Waals surface area contributed by atoms with Gasteiger partial charge in [0.1, 0.15) is 5.75 Å². The van der Waals surface area contributed by atoms with Gasteiger partial charge in [0.15, 0.2) is 0 Å². The molecule has 1 N–H and O–H groups in total. The number of allylic oxidation sites excluding steroid dienone is 1. The van der Waals surface area contributed by atoms with Gasteiger partial charge in [0.25, 0.3) is 0 Å². The van der Waals surface area contributed by atoms with Crippen molar-refractivity contribution in [2.75, 3.05) is 19.0 Å². The van der Waals surface area contributed by atoms with Gasteiger partial charge in [-0.05, 0) is 19.9 Å². The van der Waals surface area contributed by atoms with Crippen LogP contribution in [0.2, 0.25) is 0 Å². The zero-order chi connectivity index (χ0) is 18.2. The lowest BCUT2D eigenvalue weighted by Crippen LogP contribution is -2.31. The third-order valence-electron chi connectivity index (χ3n) is 3.59. The predicted molar refractivity (Wildman–Crippen MR) is 94.8 cm³/mol. The molecular formula is C18H20N2O4S. The Labute approximate surface area is 151 Å². The van der Waals surface area contributed by atoms with Gasteiger partial charge in [0, 0.05) is 17.9 Å². The van der Waals surface area contributed by atoms with E-state index in [0.717, 1.165) is 17.3 Å². The minimum Gasteiger partial charge on any atom is -0.494 e. The lowest BCUT2D eigenvalue weighted by molar-refractivity contribution is -0.139. The standard InChI is InChI=1S/C18H20N2O4S/c1-3-23-15-8-6-5-7-12(15)13-9-16(21)20-18(14(13)10-19)25-11-17(22)24-4-2/h5-8,13H,3-4,9,11H2,1-2H3,(H,20,21)/t13-/m1/s1. The van der Waals surface area contributed by atoms with E-state index >= 15 is 0 Å². The second-order valence-electron chi connectivity index (χ2n) is 5.22. The third kappa shape index (κ3) is 4.77. The molecule has 1 atom stereocenters. The summed E-state index contributed by atoms with van der Waals surface area (Å²) in [5.74, 6) is -0.280. The molecule has 1 aromatic carbocycles. The Morgan fingerprint density at radius 2 is 2.12 bits per heavy atom. The number of carbonyl (C=O) groups is 2. The first-order valence-corrected chi connectivity index (χ1v) is 9.03. The van der Waals surface area contributed by atoms with E-state index in [0.29, 0.717) is 29.6 Å². The highest BCUT2D eigenvalue weighted by Crippen LogP contribution is 2.39. The average molecular weight is 360 g/mol. The molecule has 0 radical (unpaired) electrons. The Hall–Kier alpha value is -2.46. The van der Waals surface area contributed by atoms with E-state index in [1.54, 1.807) is 6.92 Å². The van der Waals surface area contributed by atoms with E-state index in [-0.39, 0.29) is 24.1 Å². The van der Waals surface area contributed by atoms with Crippen LogP contribution < -0.4 is 10.1 Å². The molecule has 2 rings (SSSR count). The van der Waals surface area contributed by atoms with Gasteiger partial charge < -0.3 is 14.8 Å². The largest absolute Gasteiger partial charge is 0.494 e. The molecule has 1 aliphatic heterocycles. The Bertz CT molecular complexity index is 724. The molecule has 0 saturated carbocycles. The molecule has 1 amide bonds. The fourth-order valence-corrected chi connectivity index (χ4v) is 3.46. The van der Waals surface area contributed by atoms with E-state index < -0.39 is 5.92 Å². The van der Waals surface area contributed by atoms with E-state index in [9.17, 15) is 14.9 Å². The van der Waals surface area contributed by atoms with Gasteiger partial charge in [-0.15, -0.1) is 0 Å². The molecule has 0 saturated heterocycles. The summed E-state index contributed by atoms with van der Waals surface area (Å²) in [6, 6.07) is 9.57. The number of hydrogen-bond donors (Lipinski definition) is 1. The molecule has 25 heavy (non-hydrogen) atoms. The number of nitriles is 1. The topological polar surface area (TPSA) is 88.4 Å². The maximum atomic E-state index is 12.1. The first kappa shape index (κ1) is 18.9. The number of nitrogens with one attached hydrogen (secondary N) is 1. The summed E-state index contributed by atoms with van der Waals surface area (Å²) < 4.78 is 10.5. The summed E-state index contributed by atoms with van der Waals surface area (Å²) in [5, 5.41) is 12.7. The maximum absolute atomic E-state index is 12.1. The first-order chi connectivity index (χ1) is 12.1. The monoisotopic (exact) mass is 360 g/mol. The summed E-state index contributed by atoms with van der Waals surface area (Å²) >= 11 is 1.11. The van der Waals surface area contributed by atoms with Crippen LogP contribution in [-0.4, -0.2) is 30.8 Å². The van der Waals surface area contributed by atoms with Crippen LogP contribution in [0.15, 0.2) is 34.9 Å². The van der Waals surface area contributed by atoms with Crippen molar-refractivity contribution in [3.63, 3.8) is 0 Å². The van der Waals surface area contributed by atoms with Crippen molar-refractivity contribution in [1.29, 1.82) is 5.26 Å². The molecule has 1 aliphatic rings. The van der Waals surface area contributed by atoms with Crippen molar-refractivity contribution < 1.29 is 19.1 Å². The number of rotatable bonds is 7. The second-order valence-corrected chi connectivity index (χ2v) is 6.21. The van der Waals surface area contributed by atoms with Crippen molar-refractivity contribution in [2.45, 2.75) is 26.2 Å². The van der Waals surface area contributed by atoms with Crippen LogP contribution in [0.25, 0.3) is 0 Å². The normalized spacial score (nSPS) is 16.8. The molecule has 0 bridgehead atoms. The van der Waals surface area contributed by atoms with Gasteiger partial charge in [0.2, 0.25) is 5.91 Å². The fraction of sp³-hybridized carbons (Fsp3) is 0.389. The molecule has 6 nitrogen and oxygen atoms in total. The van der Waals surface area contributed by atoms with Crippen LogP contribution in [0.4, 0.5) is 0 Å². The molecule has 1 heterocycles. The zero-order valence-corrected chi connectivity index (χ0v) is 15.0. The van der Waals surface area contributed by atoms with Gasteiger partial charge in [0.05, 0.1) is 35.6 Å². The van der Waals surface area contributed by atoms with E-state index in [1.165, 1.54) is 0 Å². The molecule has 0 unspecified atom stereocenters. The van der Waals surface area contributed by atoms with Gasteiger partial charge in [-0.1, -0.05) is 30.0 Å². The van der Waals surface area contributed by atoms with Crippen molar-refractivity contribution in [1.82, 2.24) is 5.32 Å². The van der Waals surface area contributed by atoms with Crippen LogP contribution in [0, 0.1) is 11.3 Å². The number of nitrogens with zero attached hydrogens (tertiary/aromatic N) is 1. The van der Waals surface area contributed by atoms with Crippen LogP contribution >= 0.6 is 11.8 Å². The number of thioether (sulfide) groups is 1. The highest BCUT2D eigenvalue weighted by molar-refractivity contribution is 8.03. The Morgan fingerprint density at radius 3 is 2.80 bits per heavy atom. The van der Waals surface area contributed by atoms with Crippen molar-refractivity contribution in [3.8, 4) is 11.8 Å². The lowest BCUT2D eigenvalue weighted by Gasteiger charge is -2.26. The highest BCUT2D eigenvalue weighted by Gasteiger charge is 2.31.